The first kappa shape index (κ1) is 19.2. The summed E-state index contributed by atoms with van der Waals surface area (Å²) in [5, 5.41) is 11.6. The minimum absolute atomic E-state index is 0.139. The number of aryl methyl sites for hydroxylation is 2. The minimum atomic E-state index is -0.806. The molecule has 1 saturated carbocycles. The van der Waals surface area contributed by atoms with E-state index in [4.69, 9.17) is 0 Å². The van der Waals surface area contributed by atoms with Gasteiger partial charge in [-0.1, -0.05) is 67.4 Å². The van der Waals surface area contributed by atoms with Crippen LogP contribution < -0.4 is 0 Å². The van der Waals surface area contributed by atoms with Crippen molar-refractivity contribution in [2.24, 2.45) is 5.92 Å². The van der Waals surface area contributed by atoms with E-state index >= 15 is 0 Å². The van der Waals surface area contributed by atoms with Crippen LogP contribution in [0.3, 0.4) is 0 Å². The van der Waals surface area contributed by atoms with Crippen LogP contribution >= 0.6 is 0 Å². The van der Waals surface area contributed by atoms with Gasteiger partial charge in [0.1, 0.15) is 0 Å². The van der Waals surface area contributed by atoms with Gasteiger partial charge >= 0.3 is 0 Å². The molecule has 0 unspecified atom stereocenters. The van der Waals surface area contributed by atoms with Gasteiger partial charge in [0, 0.05) is 24.9 Å². The Bertz CT molecular complexity index is 818. The van der Waals surface area contributed by atoms with E-state index in [0.29, 0.717) is 19.4 Å². The molecule has 3 nitrogen and oxygen atoms in total. The van der Waals surface area contributed by atoms with Crippen molar-refractivity contribution in [1.82, 2.24) is 4.90 Å². The van der Waals surface area contributed by atoms with Crippen molar-refractivity contribution in [2.45, 2.75) is 63.5 Å². The van der Waals surface area contributed by atoms with E-state index in [9.17, 15) is 9.90 Å². The summed E-state index contributed by atoms with van der Waals surface area (Å²) in [5.74, 6) is 0.384. The van der Waals surface area contributed by atoms with Crippen molar-refractivity contribution >= 4 is 5.91 Å². The van der Waals surface area contributed by atoms with Crippen molar-refractivity contribution in [1.29, 1.82) is 0 Å². The number of likely N-dealkylation sites (tertiary alicyclic amines) is 1. The Balaban J connectivity index is 1.50. The first-order chi connectivity index (χ1) is 13.6. The number of rotatable bonds is 4. The third-order valence-electron chi connectivity index (χ3n) is 6.94. The number of carbonyl (C=O) groups is 1. The minimum Gasteiger partial charge on any atom is -0.385 e. The quantitative estimate of drug-likeness (QED) is 0.845. The molecular formula is C25H31NO2. The smallest absolute Gasteiger partial charge is 0.223 e. The number of aliphatic hydroxyl groups is 1. The zero-order valence-electron chi connectivity index (χ0n) is 16.8. The predicted octanol–water partition coefficient (Wildman–Crippen LogP) is 4.61. The van der Waals surface area contributed by atoms with Gasteiger partial charge in [0.05, 0.1) is 5.60 Å². The van der Waals surface area contributed by atoms with Gasteiger partial charge in [-0.25, -0.2) is 0 Å². The third kappa shape index (κ3) is 3.60. The van der Waals surface area contributed by atoms with Gasteiger partial charge in [0.2, 0.25) is 5.91 Å². The Kier molecular flexibility index (Phi) is 5.54. The summed E-state index contributed by atoms with van der Waals surface area (Å²) in [6.45, 7) is 2.76. The maximum atomic E-state index is 13.1. The number of benzene rings is 2. The second-order valence-electron chi connectivity index (χ2n) is 8.51. The molecule has 0 radical (unpaired) electrons. The molecular weight excluding hydrogens is 346 g/mol. The molecule has 1 aliphatic heterocycles. The Morgan fingerprint density at radius 1 is 1.07 bits per heavy atom. The number of amides is 1. The van der Waals surface area contributed by atoms with E-state index in [1.807, 2.05) is 42.5 Å². The van der Waals surface area contributed by atoms with Crippen LogP contribution in [0.15, 0.2) is 54.6 Å². The first-order valence-corrected chi connectivity index (χ1v) is 10.7. The van der Waals surface area contributed by atoms with E-state index in [-0.39, 0.29) is 17.9 Å². The SMILES string of the molecule is Cc1ccccc1CCC(=O)N1CC[C@@](O)(c2ccccc2)[C@@H]2CCCC[C@H]21. The number of carbonyl (C=O) groups excluding carboxylic acids is 1. The van der Waals surface area contributed by atoms with Crippen molar-refractivity contribution in [3.8, 4) is 0 Å². The molecule has 1 amide bonds. The number of hydrogen-bond acceptors (Lipinski definition) is 2. The van der Waals surface area contributed by atoms with E-state index in [1.165, 1.54) is 11.1 Å². The van der Waals surface area contributed by atoms with Gasteiger partial charge < -0.3 is 10.0 Å². The topological polar surface area (TPSA) is 40.5 Å². The average Bonchev–Trinajstić information content (AvgIpc) is 2.74. The lowest BCUT2D eigenvalue weighted by Gasteiger charge is -2.52. The van der Waals surface area contributed by atoms with Gasteiger partial charge in [-0.2, -0.15) is 0 Å². The number of fused-ring (bicyclic) bond motifs is 1. The van der Waals surface area contributed by atoms with E-state index in [2.05, 4.69) is 24.0 Å². The molecule has 4 rings (SSSR count). The lowest BCUT2D eigenvalue weighted by Crippen LogP contribution is -2.59. The normalized spacial score (nSPS) is 27.3. The summed E-state index contributed by atoms with van der Waals surface area (Å²) < 4.78 is 0. The Morgan fingerprint density at radius 2 is 1.79 bits per heavy atom. The van der Waals surface area contributed by atoms with Gasteiger partial charge in [-0.3, -0.25) is 4.79 Å². The molecule has 2 aliphatic rings. The average molecular weight is 378 g/mol. The van der Waals surface area contributed by atoms with Gasteiger partial charge in [0.25, 0.3) is 0 Å². The molecule has 0 aromatic heterocycles. The molecule has 3 atom stereocenters. The van der Waals surface area contributed by atoms with Gasteiger partial charge in [0.15, 0.2) is 0 Å². The molecule has 1 heterocycles. The van der Waals surface area contributed by atoms with E-state index < -0.39 is 5.60 Å². The van der Waals surface area contributed by atoms with Crippen LogP contribution in [-0.2, 0) is 16.8 Å². The monoisotopic (exact) mass is 377 g/mol. The summed E-state index contributed by atoms with van der Waals surface area (Å²) in [6, 6.07) is 18.6. The van der Waals surface area contributed by atoms with Crippen LogP contribution in [-0.4, -0.2) is 28.5 Å². The highest BCUT2D eigenvalue weighted by atomic mass is 16.3. The predicted molar refractivity (Wildman–Crippen MR) is 112 cm³/mol. The fourth-order valence-corrected chi connectivity index (χ4v) is 5.35. The molecule has 0 bridgehead atoms. The van der Waals surface area contributed by atoms with Gasteiger partial charge in [-0.15, -0.1) is 0 Å². The maximum Gasteiger partial charge on any atom is 0.223 e. The molecule has 28 heavy (non-hydrogen) atoms. The van der Waals surface area contributed by atoms with Crippen LogP contribution in [0.5, 0.6) is 0 Å². The van der Waals surface area contributed by atoms with Crippen LogP contribution in [0.2, 0.25) is 0 Å². The van der Waals surface area contributed by atoms with E-state index in [0.717, 1.165) is 37.7 Å². The third-order valence-corrected chi connectivity index (χ3v) is 6.94. The van der Waals surface area contributed by atoms with Crippen molar-refractivity contribution in [3.63, 3.8) is 0 Å². The van der Waals surface area contributed by atoms with Gasteiger partial charge in [-0.05, 0) is 49.3 Å². The fraction of sp³-hybridized carbons (Fsp3) is 0.480. The molecule has 1 N–H and O–H groups in total. The van der Waals surface area contributed by atoms with Crippen molar-refractivity contribution in [2.75, 3.05) is 6.54 Å². The molecule has 148 valence electrons. The second kappa shape index (κ2) is 8.08. The van der Waals surface area contributed by atoms with Crippen LogP contribution in [0.4, 0.5) is 0 Å². The summed E-state index contributed by atoms with van der Waals surface area (Å²) in [5.41, 5.74) is 2.72. The standard InChI is InChI=1S/C25H31NO2/c1-19-9-5-6-10-20(19)15-16-24(27)26-18-17-25(28,21-11-3-2-4-12-21)22-13-7-8-14-23(22)26/h2-6,9-12,22-23,28H,7-8,13-18H2,1H3/t22-,23-,25-/m1/s1. The largest absolute Gasteiger partial charge is 0.385 e. The van der Waals surface area contributed by atoms with Crippen LogP contribution in [0.25, 0.3) is 0 Å². The summed E-state index contributed by atoms with van der Waals surface area (Å²) in [6.07, 6.45) is 6.27. The summed E-state index contributed by atoms with van der Waals surface area (Å²) in [4.78, 5) is 15.2. The zero-order chi connectivity index (χ0) is 19.6. The Hall–Kier alpha value is -2.13. The molecule has 1 saturated heterocycles. The Morgan fingerprint density at radius 3 is 2.57 bits per heavy atom. The lowest BCUT2D eigenvalue weighted by molar-refractivity contribution is -0.154. The highest BCUT2D eigenvalue weighted by Crippen LogP contribution is 2.47. The number of nitrogens with zero attached hydrogens (tertiary/aromatic N) is 1. The second-order valence-corrected chi connectivity index (χ2v) is 8.51. The maximum absolute atomic E-state index is 13.1. The van der Waals surface area contributed by atoms with Crippen molar-refractivity contribution in [3.05, 3.63) is 71.3 Å². The van der Waals surface area contributed by atoms with Crippen LogP contribution in [0, 0.1) is 12.8 Å². The fourth-order valence-electron chi connectivity index (χ4n) is 5.35. The highest BCUT2D eigenvalue weighted by molar-refractivity contribution is 5.77. The molecule has 2 aromatic carbocycles. The lowest BCUT2D eigenvalue weighted by atomic mass is 9.66. The number of piperidine rings is 1. The molecule has 2 aromatic rings. The molecule has 3 heteroatoms. The zero-order valence-corrected chi connectivity index (χ0v) is 16.8. The van der Waals surface area contributed by atoms with Crippen molar-refractivity contribution < 1.29 is 9.90 Å². The van der Waals surface area contributed by atoms with E-state index in [1.54, 1.807) is 0 Å². The molecule has 0 spiro atoms. The first-order valence-electron chi connectivity index (χ1n) is 10.7. The van der Waals surface area contributed by atoms with Crippen LogP contribution in [0.1, 0.15) is 55.2 Å². The highest BCUT2D eigenvalue weighted by Gasteiger charge is 2.50. The Labute approximate surface area is 168 Å². The molecule has 1 aliphatic carbocycles. The number of hydrogen-bond donors (Lipinski definition) is 1. The summed E-state index contributed by atoms with van der Waals surface area (Å²) >= 11 is 0. The molecule has 2 fully saturated rings. The summed E-state index contributed by atoms with van der Waals surface area (Å²) in [7, 11) is 0.